The lowest BCUT2D eigenvalue weighted by molar-refractivity contribution is 0.400. The summed E-state index contributed by atoms with van der Waals surface area (Å²) in [6.07, 6.45) is 2.30. The molecule has 0 aliphatic carbocycles. The second-order valence-electron chi connectivity index (χ2n) is 3.23. The van der Waals surface area contributed by atoms with Gasteiger partial charge in [0.25, 0.3) is 0 Å². The molecule has 0 fully saturated rings. The minimum absolute atomic E-state index is 1.11. The van der Waals surface area contributed by atoms with Gasteiger partial charge in [0.05, 0.1) is 0 Å². The van der Waals surface area contributed by atoms with Crippen LogP contribution in [-0.2, 0) is 6.42 Å². The monoisotopic (exact) mass is 161 g/mol. The molecule has 0 heterocycles. The first-order valence-corrected chi connectivity index (χ1v) is 4.31. The molecule has 0 aromatic heterocycles. The lowest BCUT2D eigenvalue weighted by Gasteiger charge is -2.07. The summed E-state index contributed by atoms with van der Waals surface area (Å²) in [5.74, 6) is 0. The smallest absolute Gasteiger partial charge is 0.00245 e. The highest BCUT2D eigenvalue weighted by molar-refractivity contribution is 5.07. The van der Waals surface area contributed by atoms with E-state index in [1.807, 2.05) is 12.1 Å². The highest BCUT2D eigenvalue weighted by Crippen LogP contribution is 1.98. The van der Waals surface area contributed by atoms with Crippen LogP contribution in [0.2, 0.25) is 0 Å². The Bertz CT molecular complexity index is 204. The van der Waals surface area contributed by atoms with E-state index >= 15 is 0 Å². The van der Waals surface area contributed by atoms with Crippen LogP contribution in [0.4, 0.5) is 0 Å². The van der Waals surface area contributed by atoms with Crippen molar-refractivity contribution in [2.24, 2.45) is 0 Å². The van der Waals surface area contributed by atoms with E-state index in [4.69, 9.17) is 0 Å². The maximum absolute atomic E-state index is 3.10. The quantitative estimate of drug-likeness (QED) is 0.650. The average molecular weight is 161 g/mol. The van der Waals surface area contributed by atoms with Gasteiger partial charge in [0.15, 0.2) is 0 Å². The van der Waals surface area contributed by atoms with Crippen LogP contribution in [0.5, 0.6) is 0 Å². The molecule has 64 valence electrons. The molecule has 0 spiro atoms. The van der Waals surface area contributed by atoms with Gasteiger partial charge >= 0.3 is 0 Å². The molecule has 0 N–H and O–H groups in total. The van der Waals surface area contributed by atoms with Crippen LogP contribution < -0.4 is 0 Å². The molecule has 1 aromatic rings. The molecule has 0 amide bonds. The van der Waals surface area contributed by atoms with Gasteiger partial charge in [-0.25, -0.2) is 0 Å². The Morgan fingerprint density at radius 3 is 2.83 bits per heavy atom. The van der Waals surface area contributed by atoms with Crippen LogP contribution in [0.15, 0.2) is 18.2 Å². The zero-order valence-corrected chi connectivity index (χ0v) is 7.80. The van der Waals surface area contributed by atoms with E-state index in [0.717, 1.165) is 13.0 Å². The van der Waals surface area contributed by atoms with Crippen LogP contribution in [0.25, 0.3) is 0 Å². The minimum atomic E-state index is 1.11. The van der Waals surface area contributed by atoms with Crippen LogP contribution >= 0.6 is 0 Å². The molecule has 0 unspecified atom stereocenters. The van der Waals surface area contributed by atoms with E-state index in [0.29, 0.717) is 0 Å². The molecular weight excluding hydrogens is 146 g/mol. The van der Waals surface area contributed by atoms with Crippen molar-refractivity contribution in [1.29, 1.82) is 0 Å². The molecular formula is C11H15N. The zero-order valence-electron chi connectivity index (χ0n) is 7.80. The van der Waals surface area contributed by atoms with Crippen LogP contribution in [0.1, 0.15) is 12.0 Å². The molecule has 12 heavy (non-hydrogen) atoms. The maximum Gasteiger partial charge on any atom is 0.00245 e. The third-order valence-corrected chi connectivity index (χ3v) is 1.76. The highest BCUT2D eigenvalue weighted by atomic mass is 15.0. The van der Waals surface area contributed by atoms with E-state index in [-0.39, 0.29) is 0 Å². The summed E-state index contributed by atoms with van der Waals surface area (Å²) in [7, 11) is 4.20. The van der Waals surface area contributed by atoms with Crippen molar-refractivity contribution in [3.8, 4) is 0 Å². The SMILES string of the molecule is CN(C)CCCc1c#cccc1. The van der Waals surface area contributed by atoms with Gasteiger partial charge in [-0.1, -0.05) is 18.2 Å². The van der Waals surface area contributed by atoms with Gasteiger partial charge < -0.3 is 4.90 Å². The second kappa shape index (κ2) is 4.79. The molecule has 0 saturated heterocycles. The van der Waals surface area contributed by atoms with Crippen molar-refractivity contribution in [3.05, 3.63) is 35.9 Å². The summed E-state index contributed by atoms with van der Waals surface area (Å²) in [5, 5.41) is 0. The van der Waals surface area contributed by atoms with Gasteiger partial charge in [-0.05, 0) is 45.6 Å². The lowest BCUT2D eigenvalue weighted by Crippen LogP contribution is -2.13. The summed E-state index contributed by atoms with van der Waals surface area (Å²) in [6.45, 7) is 1.14. The van der Waals surface area contributed by atoms with Crippen LogP contribution in [0, 0.1) is 12.1 Å². The summed E-state index contributed by atoms with van der Waals surface area (Å²) >= 11 is 0. The fraction of sp³-hybridized carbons (Fsp3) is 0.455. The summed E-state index contributed by atoms with van der Waals surface area (Å²) < 4.78 is 0. The van der Waals surface area contributed by atoms with E-state index in [2.05, 4.69) is 37.2 Å². The Morgan fingerprint density at radius 2 is 2.25 bits per heavy atom. The molecule has 1 aromatic carbocycles. The topological polar surface area (TPSA) is 3.24 Å². The molecule has 1 nitrogen and oxygen atoms in total. The van der Waals surface area contributed by atoms with Gasteiger partial charge in [0.1, 0.15) is 0 Å². The number of aryl methyl sites for hydroxylation is 1. The molecule has 1 rings (SSSR count). The number of hydrogen-bond donors (Lipinski definition) is 0. The first-order chi connectivity index (χ1) is 5.79. The Hall–Kier alpha value is -1.00. The summed E-state index contributed by atoms with van der Waals surface area (Å²) in [4.78, 5) is 2.20. The van der Waals surface area contributed by atoms with Crippen molar-refractivity contribution < 1.29 is 0 Å². The first kappa shape index (κ1) is 9.09. The molecule has 1 heteroatoms. The van der Waals surface area contributed by atoms with Gasteiger partial charge in [0.2, 0.25) is 0 Å². The normalized spacial score (nSPS) is 9.92. The average Bonchev–Trinajstić information content (AvgIpc) is 2.05. The molecule has 0 radical (unpaired) electrons. The fourth-order valence-corrected chi connectivity index (χ4v) is 1.12. The van der Waals surface area contributed by atoms with Gasteiger partial charge in [-0.2, -0.15) is 0 Å². The Morgan fingerprint density at radius 1 is 1.42 bits per heavy atom. The van der Waals surface area contributed by atoms with Crippen molar-refractivity contribution in [3.63, 3.8) is 0 Å². The predicted molar refractivity (Wildman–Crippen MR) is 51.0 cm³/mol. The lowest BCUT2D eigenvalue weighted by atomic mass is 10.1. The number of hydrogen-bond acceptors (Lipinski definition) is 1. The van der Waals surface area contributed by atoms with Crippen LogP contribution in [0.3, 0.4) is 0 Å². The zero-order chi connectivity index (χ0) is 8.81. The van der Waals surface area contributed by atoms with Gasteiger partial charge in [-0.15, -0.1) is 0 Å². The van der Waals surface area contributed by atoms with E-state index in [9.17, 15) is 0 Å². The van der Waals surface area contributed by atoms with Gasteiger partial charge in [-0.3, -0.25) is 0 Å². The minimum Gasteiger partial charge on any atom is -0.309 e. The number of rotatable bonds is 4. The van der Waals surface area contributed by atoms with Gasteiger partial charge in [0, 0.05) is 5.56 Å². The summed E-state index contributed by atoms with van der Waals surface area (Å²) in [5.41, 5.74) is 1.26. The standard InChI is InChI=1S/C11H15N/c1-12(2)10-6-9-11-7-4-3-5-8-11/h3-4,7H,6,9-10H2,1-2H3. The van der Waals surface area contributed by atoms with Crippen LogP contribution in [-0.4, -0.2) is 25.5 Å². The van der Waals surface area contributed by atoms with Crippen molar-refractivity contribution in [2.75, 3.05) is 20.6 Å². The van der Waals surface area contributed by atoms with E-state index in [1.165, 1.54) is 12.0 Å². The van der Waals surface area contributed by atoms with Crippen molar-refractivity contribution in [2.45, 2.75) is 12.8 Å². The number of nitrogens with zero attached hydrogens (tertiary/aromatic N) is 1. The third-order valence-electron chi connectivity index (χ3n) is 1.76. The van der Waals surface area contributed by atoms with Crippen molar-refractivity contribution in [1.82, 2.24) is 4.90 Å². The molecule has 0 aliphatic heterocycles. The largest absolute Gasteiger partial charge is 0.309 e. The molecule has 0 saturated carbocycles. The second-order valence-corrected chi connectivity index (χ2v) is 3.23. The van der Waals surface area contributed by atoms with E-state index in [1.54, 1.807) is 0 Å². The van der Waals surface area contributed by atoms with E-state index < -0.39 is 0 Å². The third kappa shape index (κ3) is 3.41. The summed E-state index contributed by atoms with van der Waals surface area (Å²) in [6, 6.07) is 12.1. The van der Waals surface area contributed by atoms with Crippen molar-refractivity contribution >= 4 is 0 Å². The predicted octanol–water partition coefficient (Wildman–Crippen LogP) is 1.78. The molecule has 0 atom stereocenters. The first-order valence-electron chi connectivity index (χ1n) is 4.31. The Labute approximate surface area is 75.0 Å². The Kier molecular flexibility index (Phi) is 3.63. The molecule has 0 aliphatic rings. The molecule has 0 bridgehead atoms. The fourth-order valence-electron chi connectivity index (χ4n) is 1.12. The Balaban J connectivity index is 2.25. The highest BCUT2D eigenvalue weighted by Gasteiger charge is 1.92. The maximum atomic E-state index is 3.10.